The van der Waals surface area contributed by atoms with Gasteiger partial charge in [0.25, 0.3) is 0 Å². The fraction of sp³-hybridized carbons (Fsp3) is 0. The number of aromatic nitrogens is 2. The van der Waals surface area contributed by atoms with Crippen molar-refractivity contribution >= 4 is 53.9 Å². The molecule has 0 N–H and O–H groups in total. The third-order valence-corrected chi connectivity index (χ3v) is 13.7. The van der Waals surface area contributed by atoms with Crippen LogP contribution in [0.4, 0.5) is 0 Å². The molecule has 0 aliphatic rings. The molecule has 0 atom stereocenters. The third kappa shape index (κ3) is 6.90. The van der Waals surface area contributed by atoms with E-state index >= 15 is 0 Å². The molecule has 0 aliphatic carbocycles. The maximum absolute atomic E-state index is 5.13. The zero-order valence-corrected chi connectivity index (χ0v) is 37.1. The average molecular weight is 863 g/mol. The molecule has 1 aromatic heterocycles. The van der Waals surface area contributed by atoms with Crippen LogP contribution in [0.2, 0.25) is 0 Å². The van der Waals surface area contributed by atoms with Crippen LogP contribution in [0, 0.1) is 0 Å². The van der Waals surface area contributed by atoms with E-state index in [1.54, 1.807) is 0 Å². The van der Waals surface area contributed by atoms with Gasteiger partial charge in [-0.1, -0.05) is 243 Å². The van der Waals surface area contributed by atoms with Crippen LogP contribution in [-0.4, -0.2) is 9.97 Å². The number of rotatable bonds is 7. The van der Waals surface area contributed by atoms with Crippen LogP contribution in [0.15, 0.2) is 255 Å². The molecule has 2 nitrogen and oxygen atoms in total. The van der Waals surface area contributed by atoms with E-state index in [4.69, 9.17) is 9.97 Å². The number of fused-ring (bicyclic) bond motifs is 6. The third-order valence-electron chi connectivity index (χ3n) is 13.7. The van der Waals surface area contributed by atoms with Crippen LogP contribution in [0.1, 0.15) is 0 Å². The highest BCUT2D eigenvalue weighted by molar-refractivity contribution is 6.23. The van der Waals surface area contributed by atoms with E-state index in [9.17, 15) is 0 Å². The van der Waals surface area contributed by atoms with Crippen molar-refractivity contribution in [3.63, 3.8) is 0 Å². The zero-order valence-electron chi connectivity index (χ0n) is 37.1. The maximum atomic E-state index is 5.13. The van der Waals surface area contributed by atoms with E-state index in [1.807, 2.05) is 18.2 Å². The van der Waals surface area contributed by atoms with Crippen LogP contribution in [0.3, 0.4) is 0 Å². The monoisotopic (exact) mass is 862 g/mol. The maximum Gasteiger partial charge on any atom is 0.160 e. The summed E-state index contributed by atoms with van der Waals surface area (Å²) in [6.07, 6.45) is 0. The highest BCUT2D eigenvalue weighted by Crippen LogP contribution is 2.44. The molecule has 0 fully saturated rings. The fourth-order valence-corrected chi connectivity index (χ4v) is 10.3. The van der Waals surface area contributed by atoms with Crippen molar-refractivity contribution in [3.8, 4) is 78.4 Å². The van der Waals surface area contributed by atoms with Crippen LogP contribution in [0.5, 0.6) is 0 Å². The Hall–Kier alpha value is -8.98. The van der Waals surface area contributed by atoms with E-state index in [2.05, 4.69) is 237 Å². The fourth-order valence-electron chi connectivity index (χ4n) is 10.3. The predicted octanol–water partition coefficient (Wildman–Crippen LogP) is 17.9. The van der Waals surface area contributed by atoms with Crippen LogP contribution in [-0.2, 0) is 0 Å². The van der Waals surface area contributed by atoms with E-state index in [0.717, 1.165) is 39.2 Å². The van der Waals surface area contributed by atoms with Gasteiger partial charge in [0.2, 0.25) is 0 Å². The molecule has 13 aromatic rings. The molecule has 2 heteroatoms. The molecule has 1 heterocycles. The lowest BCUT2D eigenvalue weighted by atomic mass is 9.86. The summed E-state index contributed by atoms with van der Waals surface area (Å²) in [6, 6.07) is 92.0. The largest absolute Gasteiger partial charge is 0.228 e. The Balaban J connectivity index is 0.830. The number of benzene rings is 12. The topological polar surface area (TPSA) is 25.8 Å². The number of nitrogens with zero attached hydrogens (tertiary/aromatic N) is 2. The van der Waals surface area contributed by atoms with Gasteiger partial charge in [-0.3, -0.25) is 0 Å². The van der Waals surface area contributed by atoms with Crippen molar-refractivity contribution in [2.45, 2.75) is 0 Å². The van der Waals surface area contributed by atoms with Crippen molar-refractivity contribution in [2.24, 2.45) is 0 Å². The molecule has 0 saturated heterocycles. The van der Waals surface area contributed by atoms with Crippen LogP contribution < -0.4 is 0 Å². The molecule has 12 aromatic carbocycles. The highest BCUT2D eigenvalue weighted by atomic mass is 14.9. The van der Waals surface area contributed by atoms with Crippen molar-refractivity contribution in [3.05, 3.63) is 255 Å². The van der Waals surface area contributed by atoms with E-state index in [0.29, 0.717) is 5.82 Å². The minimum atomic E-state index is 0.704. The van der Waals surface area contributed by atoms with Crippen LogP contribution >= 0.6 is 0 Å². The Kier molecular flexibility index (Phi) is 9.54. The van der Waals surface area contributed by atoms with Gasteiger partial charge in [-0.2, -0.15) is 0 Å². The number of hydrogen-bond donors (Lipinski definition) is 0. The van der Waals surface area contributed by atoms with Gasteiger partial charge in [0.15, 0.2) is 5.82 Å². The van der Waals surface area contributed by atoms with Crippen molar-refractivity contribution in [1.82, 2.24) is 9.97 Å². The summed E-state index contributed by atoms with van der Waals surface area (Å²) >= 11 is 0. The average Bonchev–Trinajstić information content (AvgIpc) is 3.42. The predicted molar refractivity (Wildman–Crippen MR) is 288 cm³/mol. The van der Waals surface area contributed by atoms with Gasteiger partial charge < -0.3 is 0 Å². The van der Waals surface area contributed by atoms with Gasteiger partial charge in [0.1, 0.15) is 0 Å². The summed E-state index contributed by atoms with van der Waals surface area (Å²) in [4.78, 5) is 10.2. The van der Waals surface area contributed by atoms with Gasteiger partial charge >= 0.3 is 0 Å². The summed E-state index contributed by atoms with van der Waals surface area (Å²) in [5, 5.41) is 12.6. The Morgan fingerprint density at radius 2 is 0.662 bits per heavy atom. The highest BCUT2D eigenvalue weighted by Gasteiger charge is 2.17. The summed E-state index contributed by atoms with van der Waals surface area (Å²) in [5.74, 6) is 0.704. The van der Waals surface area contributed by atoms with E-state index in [1.165, 1.54) is 87.2 Å². The van der Waals surface area contributed by atoms with Gasteiger partial charge in [0, 0.05) is 16.7 Å². The summed E-state index contributed by atoms with van der Waals surface area (Å²) in [5.41, 5.74) is 14.5. The van der Waals surface area contributed by atoms with Gasteiger partial charge in [-0.15, -0.1) is 0 Å². The minimum absolute atomic E-state index is 0.704. The van der Waals surface area contributed by atoms with Crippen molar-refractivity contribution < 1.29 is 0 Å². The molecule has 13 rings (SSSR count). The lowest BCUT2D eigenvalue weighted by Crippen LogP contribution is -1.96. The molecular formula is C66H42N2. The SMILES string of the molecule is c1ccc(-c2nc(-c3ccc(-c4ccc(-c5ccc(-c6c7ccccc7cc7c6ccc6ccccc67)c6ccccc56)cc4)cc3)cc(-c3ccc(-c4cccc5ccccc45)cc3)n2)cc1. The first-order valence-corrected chi connectivity index (χ1v) is 23.3. The number of hydrogen-bond acceptors (Lipinski definition) is 2. The quantitative estimate of drug-likeness (QED) is 0.118. The molecular weight excluding hydrogens is 821 g/mol. The Bertz CT molecular complexity index is 4040. The lowest BCUT2D eigenvalue weighted by Gasteiger charge is -2.17. The normalized spacial score (nSPS) is 11.5. The van der Waals surface area contributed by atoms with Crippen molar-refractivity contribution in [2.75, 3.05) is 0 Å². The Morgan fingerprint density at radius 3 is 1.31 bits per heavy atom. The van der Waals surface area contributed by atoms with E-state index in [-0.39, 0.29) is 0 Å². The summed E-state index contributed by atoms with van der Waals surface area (Å²) < 4.78 is 0. The molecule has 68 heavy (non-hydrogen) atoms. The second kappa shape index (κ2) is 16.5. The van der Waals surface area contributed by atoms with Gasteiger partial charge in [-0.25, -0.2) is 9.97 Å². The van der Waals surface area contributed by atoms with Crippen LogP contribution in [0.25, 0.3) is 132 Å². The second-order valence-electron chi connectivity index (χ2n) is 17.6. The Labute approximate surface area is 395 Å². The molecule has 0 radical (unpaired) electrons. The molecule has 0 bridgehead atoms. The molecule has 0 aliphatic heterocycles. The lowest BCUT2D eigenvalue weighted by molar-refractivity contribution is 1.18. The van der Waals surface area contributed by atoms with Gasteiger partial charge in [0.05, 0.1) is 11.4 Å². The zero-order chi connectivity index (χ0) is 45.0. The molecule has 0 saturated carbocycles. The summed E-state index contributed by atoms with van der Waals surface area (Å²) in [6.45, 7) is 0. The Morgan fingerprint density at radius 1 is 0.206 bits per heavy atom. The minimum Gasteiger partial charge on any atom is -0.228 e. The first-order chi connectivity index (χ1) is 33.7. The molecule has 316 valence electrons. The standard InChI is InChI=1S/C66H42N2/c1-2-15-51(16-3-1)66-67-63(42-64(68-66)50-35-31-47(32-36-50)54-24-12-18-45-13-4-7-19-53(45)54)49-33-27-44(28-34-49)43-25-29-48(30-26-43)56-39-40-60(59-23-11-10-22-58(56)59)65-57-21-9-6-17-52(57)41-62-55-20-8-5-14-46(55)37-38-61(62)65/h1-42H. The van der Waals surface area contributed by atoms with Gasteiger partial charge in [-0.05, 0) is 111 Å². The molecule has 0 unspecified atom stereocenters. The second-order valence-corrected chi connectivity index (χ2v) is 17.6. The van der Waals surface area contributed by atoms with E-state index < -0.39 is 0 Å². The molecule has 0 spiro atoms. The molecule has 0 amide bonds. The first-order valence-electron chi connectivity index (χ1n) is 23.3. The van der Waals surface area contributed by atoms with Crippen molar-refractivity contribution in [1.29, 1.82) is 0 Å². The first kappa shape index (κ1) is 39.4. The smallest absolute Gasteiger partial charge is 0.160 e. The summed E-state index contributed by atoms with van der Waals surface area (Å²) in [7, 11) is 0.